The molecule has 11 heavy (non-hydrogen) atoms. The number of benzene rings is 1. The summed E-state index contributed by atoms with van der Waals surface area (Å²) >= 11 is 0. The van der Waals surface area contributed by atoms with Crippen LogP contribution >= 0.6 is 0 Å². The van der Waals surface area contributed by atoms with Crippen molar-refractivity contribution in [3.8, 4) is 0 Å². The zero-order chi connectivity index (χ0) is 8.27. The normalized spacial score (nSPS) is 10.8. The molecule has 0 radical (unpaired) electrons. The Bertz CT molecular complexity index is 274. The van der Waals surface area contributed by atoms with Crippen LogP contribution in [0.1, 0.15) is 18.1 Å². The number of allylic oxidation sites excluding steroid dienone is 1. The summed E-state index contributed by atoms with van der Waals surface area (Å²) < 4.78 is 12.7. The van der Waals surface area contributed by atoms with Gasteiger partial charge in [-0.2, -0.15) is 0 Å². The molecule has 0 saturated carbocycles. The summed E-state index contributed by atoms with van der Waals surface area (Å²) in [7, 11) is 0. The minimum absolute atomic E-state index is 0.141. The fourth-order valence-corrected chi connectivity index (χ4v) is 0.964. The second-order valence-corrected chi connectivity index (χ2v) is 2.51. The molecule has 0 aromatic heterocycles. The summed E-state index contributed by atoms with van der Waals surface area (Å²) in [5, 5.41) is 0. The second kappa shape index (κ2) is 3.33. The van der Waals surface area contributed by atoms with E-state index in [0.29, 0.717) is 5.56 Å². The predicted octanol–water partition coefficient (Wildman–Crippen LogP) is 3.17. The van der Waals surface area contributed by atoms with Gasteiger partial charge < -0.3 is 0 Å². The third-order valence-electron chi connectivity index (χ3n) is 1.54. The van der Waals surface area contributed by atoms with Crippen molar-refractivity contribution in [2.45, 2.75) is 13.8 Å². The highest BCUT2D eigenvalue weighted by atomic mass is 19.1. The Morgan fingerprint density at radius 2 is 2.09 bits per heavy atom. The third kappa shape index (κ3) is 1.90. The standard InChI is InChI=1S/C10H11F/c1-3-4-9-5-6-10(11)8(2)7-9/h3-7H,1-2H3. The van der Waals surface area contributed by atoms with E-state index in [1.54, 1.807) is 13.0 Å². The summed E-state index contributed by atoms with van der Waals surface area (Å²) in [6.07, 6.45) is 3.89. The summed E-state index contributed by atoms with van der Waals surface area (Å²) in [5.74, 6) is -0.141. The number of hydrogen-bond acceptors (Lipinski definition) is 0. The lowest BCUT2D eigenvalue weighted by atomic mass is 10.1. The first kappa shape index (κ1) is 7.99. The van der Waals surface area contributed by atoms with Crippen LogP contribution in [-0.4, -0.2) is 0 Å². The average Bonchev–Trinajstić information content (AvgIpc) is 1.98. The first-order chi connectivity index (χ1) is 5.24. The average molecular weight is 150 g/mol. The third-order valence-corrected chi connectivity index (χ3v) is 1.54. The van der Waals surface area contributed by atoms with Crippen LogP contribution in [0.4, 0.5) is 4.39 Å². The highest BCUT2D eigenvalue weighted by Gasteiger charge is 1.94. The maximum Gasteiger partial charge on any atom is 0.126 e. The maximum atomic E-state index is 12.7. The van der Waals surface area contributed by atoms with Gasteiger partial charge in [-0.1, -0.05) is 18.2 Å². The van der Waals surface area contributed by atoms with Crippen LogP contribution in [-0.2, 0) is 0 Å². The monoisotopic (exact) mass is 150 g/mol. The van der Waals surface area contributed by atoms with Crippen LogP contribution in [0, 0.1) is 12.7 Å². The van der Waals surface area contributed by atoms with Crippen molar-refractivity contribution in [3.63, 3.8) is 0 Å². The predicted molar refractivity (Wildman–Crippen MR) is 45.8 cm³/mol. The Morgan fingerprint density at radius 1 is 1.36 bits per heavy atom. The quantitative estimate of drug-likeness (QED) is 0.576. The van der Waals surface area contributed by atoms with Crippen LogP contribution in [0.15, 0.2) is 24.3 Å². The van der Waals surface area contributed by atoms with Crippen LogP contribution in [0.5, 0.6) is 0 Å². The minimum Gasteiger partial charge on any atom is -0.207 e. The topological polar surface area (TPSA) is 0 Å². The summed E-state index contributed by atoms with van der Waals surface area (Å²) in [5.41, 5.74) is 1.74. The van der Waals surface area contributed by atoms with E-state index in [2.05, 4.69) is 0 Å². The Morgan fingerprint density at radius 3 is 2.64 bits per heavy atom. The van der Waals surface area contributed by atoms with E-state index in [4.69, 9.17) is 0 Å². The number of halogens is 1. The van der Waals surface area contributed by atoms with E-state index >= 15 is 0 Å². The molecular weight excluding hydrogens is 139 g/mol. The lowest BCUT2D eigenvalue weighted by Gasteiger charge is -1.96. The van der Waals surface area contributed by atoms with Gasteiger partial charge in [0.15, 0.2) is 0 Å². The molecule has 0 aliphatic carbocycles. The van der Waals surface area contributed by atoms with Gasteiger partial charge in [-0.3, -0.25) is 0 Å². The van der Waals surface area contributed by atoms with Gasteiger partial charge in [0.1, 0.15) is 5.82 Å². The molecule has 1 aromatic rings. The molecule has 0 unspecified atom stereocenters. The molecular formula is C10H11F. The highest BCUT2D eigenvalue weighted by Crippen LogP contribution is 2.10. The Balaban J connectivity index is 3.05. The van der Waals surface area contributed by atoms with Crippen LogP contribution in [0.25, 0.3) is 6.08 Å². The van der Waals surface area contributed by atoms with Crippen LogP contribution < -0.4 is 0 Å². The maximum absolute atomic E-state index is 12.7. The molecule has 0 atom stereocenters. The minimum atomic E-state index is -0.141. The summed E-state index contributed by atoms with van der Waals surface area (Å²) in [6, 6.07) is 5.09. The molecule has 1 rings (SSSR count). The van der Waals surface area contributed by atoms with Crippen molar-refractivity contribution in [2.24, 2.45) is 0 Å². The van der Waals surface area contributed by atoms with E-state index in [0.717, 1.165) is 5.56 Å². The molecule has 0 spiro atoms. The Labute approximate surface area is 66.4 Å². The van der Waals surface area contributed by atoms with Crippen molar-refractivity contribution in [2.75, 3.05) is 0 Å². The lowest BCUT2D eigenvalue weighted by Crippen LogP contribution is -1.81. The largest absolute Gasteiger partial charge is 0.207 e. The van der Waals surface area contributed by atoms with E-state index < -0.39 is 0 Å². The van der Waals surface area contributed by atoms with Gasteiger partial charge in [-0.15, -0.1) is 0 Å². The number of hydrogen-bond donors (Lipinski definition) is 0. The van der Waals surface area contributed by atoms with Gasteiger partial charge in [0.25, 0.3) is 0 Å². The lowest BCUT2D eigenvalue weighted by molar-refractivity contribution is 0.618. The summed E-state index contributed by atoms with van der Waals surface area (Å²) in [6.45, 7) is 3.71. The van der Waals surface area contributed by atoms with Crippen LogP contribution in [0.3, 0.4) is 0 Å². The molecule has 0 saturated heterocycles. The van der Waals surface area contributed by atoms with Gasteiger partial charge in [-0.25, -0.2) is 4.39 Å². The molecule has 0 amide bonds. The van der Waals surface area contributed by atoms with Gasteiger partial charge in [0.2, 0.25) is 0 Å². The number of rotatable bonds is 1. The second-order valence-electron chi connectivity index (χ2n) is 2.51. The van der Waals surface area contributed by atoms with E-state index in [-0.39, 0.29) is 5.82 Å². The first-order valence-corrected chi connectivity index (χ1v) is 3.63. The van der Waals surface area contributed by atoms with Gasteiger partial charge in [0.05, 0.1) is 0 Å². The Kier molecular flexibility index (Phi) is 2.42. The van der Waals surface area contributed by atoms with Crippen LogP contribution in [0.2, 0.25) is 0 Å². The molecule has 58 valence electrons. The first-order valence-electron chi connectivity index (χ1n) is 3.63. The van der Waals surface area contributed by atoms with Crippen molar-refractivity contribution in [1.29, 1.82) is 0 Å². The van der Waals surface area contributed by atoms with Crippen molar-refractivity contribution in [3.05, 3.63) is 41.2 Å². The van der Waals surface area contributed by atoms with Crippen molar-refractivity contribution in [1.82, 2.24) is 0 Å². The smallest absolute Gasteiger partial charge is 0.126 e. The number of aryl methyl sites for hydroxylation is 1. The van der Waals surface area contributed by atoms with Gasteiger partial charge >= 0.3 is 0 Å². The summed E-state index contributed by atoms with van der Waals surface area (Å²) in [4.78, 5) is 0. The van der Waals surface area contributed by atoms with E-state index in [9.17, 15) is 4.39 Å². The van der Waals surface area contributed by atoms with E-state index in [1.165, 1.54) is 6.07 Å². The fraction of sp³-hybridized carbons (Fsp3) is 0.200. The highest BCUT2D eigenvalue weighted by molar-refractivity contribution is 5.49. The molecule has 0 bridgehead atoms. The molecule has 0 nitrogen and oxygen atoms in total. The Hall–Kier alpha value is -1.11. The molecule has 0 fully saturated rings. The fourth-order valence-electron chi connectivity index (χ4n) is 0.964. The molecule has 1 aromatic carbocycles. The molecule has 0 aliphatic rings. The van der Waals surface area contributed by atoms with Gasteiger partial charge in [-0.05, 0) is 37.1 Å². The van der Waals surface area contributed by atoms with E-state index in [1.807, 2.05) is 25.1 Å². The molecule has 0 N–H and O–H groups in total. The van der Waals surface area contributed by atoms with Crippen molar-refractivity contribution < 1.29 is 4.39 Å². The van der Waals surface area contributed by atoms with Crippen molar-refractivity contribution >= 4 is 6.08 Å². The SMILES string of the molecule is CC=Cc1ccc(F)c(C)c1. The van der Waals surface area contributed by atoms with Gasteiger partial charge in [0, 0.05) is 0 Å². The molecule has 1 heteroatoms. The molecule has 0 aliphatic heterocycles. The molecule has 0 heterocycles. The zero-order valence-corrected chi connectivity index (χ0v) is 6.76. The zero-order valence-electron chi connectivity index (χ0n) is 6.76.